The lowest BCUT2D eigenvalue weighted by molar-refractivity contribution is -0.141. The summed E-state index contributed by atoms with van der Waals surface area (Å²) in [5.74, 6) is -2.97. The Morgan fingerprint density at radius 2 is 1.81 bits per heavy atom. The molecule has 1 fully saturated rings. The Morgan fingerprint density at radius 3 is 2.38 bits per heavy atom. The smallest absolute Gasteiger partial charge is 0.335 e. The highest BCUT2D eigenvalue weighted by atomic mass is 16.4. The Bertz CT molecular complexity index is 596. The summed E-state index contributed by atoms with van der Waals surface area (Å²) in [5.41, 5.74) is 1.32. The van der Waals surface area contributed by atoms with E-state index < -0.39 is 17.9 Å². The standard InChI is InChI=1S/C15H17NO5/c1-8-2-3-11(15(20)21)7-12(8)16-13(17)9-4-5-10(6-9)14(18)19/h2-3,7,9-10H,4-6H2,1H3,(H,16,17)(H,18,19)(H,20,21). The number of anilines is 1. The molecule has 1 saturated carbocycles. The van der Waals surface area contributed by atoms with E-state index in [1.165, 1.54) is 12.1 Å². The summed E-state index contributed by atoms with van der Waals surface area (Å²) in [6, 6.07) is 4.52. The third kappa shape index (κ3) is 3.39. The minimum atomic E-state index is -1.06. The second kappa shape index (κ2) is 5.95. The van der Waals surface area contributed by atoms with Gasteiger partial charge in [0.2, 0.25) is 5.91 Å². The number of aryl methyl sites for hydroxylation is 1. The summed E-state index contributed by atoms with van der Waals surface area (Å²) in [5, 5.41) is 20.6. The number of carboxylic acids is 2. The molecule has 21 heavy (non-hydrogen) atoms. The minimum Gasteiger partial charge on any atom is -0.481 e. The fraction of sp³-hybridized carbons (Fsp3) is 0.400. The van der Waals surface area contributed by atoms with Crippen molar-refractivity contribution >= 4 is 23.5 Å². The van der Waals surface area contributed by atoms with Gasteiger partial charge >= 0.3 is 11.9 Å². The number of carbonyl (C=O) groups excluding carboxylic acids is 1. The molecule has 1 aromatic carbocycles. The molecule has 2 rings (SSSR count). The van der Waals surface area contributed by atoms with Gasteiger partial charge in [-0.3, -0.25) is 9.59 Å². The fourth-order valence-corrected chi connectivity index (χ4v) is 2.57. The van der Waals surface area contributed by atoms with Gasteiger partial charge in [0, 0.05) is 11.6 Å². The van der Waals surface area contributed by atoms with Crippen molar-refractivity contribution in [3.63, 3.8) is 0 Å². The van der Waals surface area contributed by atoms with Gasteiger partial charge in [0.1, 0.15) is 0 Å². The number of rotatable bonds is 4. The van der Waals surface area contributed by atoms with E-state index in [0.717, 1.165) is 5.56 Å². The molecular formula is C15H17NO5. The quantitative estimate of drug-likeness (QED) is 0.788. The zero-order chi connectivity index (χ0) is 15.6. The van der Waals surface area contributed by atoms with E-state index in [9.17, 15) is 14.4 Å². The van der Waals surface area contributed by atoms with Crippen LogP contribution in [0.2, 0.25) is 0 Å². The molecule has 0 aliphatic heterocycles. The van der Waals surface area contributed by atoms with Gasteiger partial charge in [-0.2, -0.15) is 0 Å². The maximum absolute atomic E-state index is 12.2. The Morgan fingerprint density at radius 1 is 1.14 bits per heavy atom. The molecule has 0 radical (unpaired) electrons. The van der Waals surface area contributed by atoms with E-state index in [1.54, 1.807) is 13.0 Å². The van der Waals surface area contributed by atoms with Crippen LogP contribution in [0.15, 0.2) is 18.2 Å². The molecular weight excluding hydrogens is 274 g/mol. The van der Waals surface area contributed by atoms with Crippen molar-refractivity contribution in [1.82, 2.24) is 0 Å². The Balaban J connectivity index is 2.08. The highest BCUT2D eigenvalue weighted by Crippen LogP contribution is 2.32. The lowest BCUT2D eigenvalue weighted by Crippen LogP contribution is -2.22. The molecule has 6 nitrogen and oxygen atoms in total. The molecule has 0 spiro atoms. The topological polar surface area (TPSA) is 104 Å². The predicted octanol–water partition coefficient (Wildman–Crippen LogP) is 2.13. The Kier molecular flexibility index (Phi) is 4.26. The zero-order valence-corrected chi connectivity index (χ0v) is 11.6. The van der Waals surface area contributed by atoms with E-state index in [-0.39, 0.29) is 17.4 Å². The first kappa shape index (κ1) is 15.0. The number of benzene rings is 1. The number of nitrogens with one attached hydrogen (secondary N) is 1. The summed E-state index contributed by atoms with van der Waals surface area (Å²) >= 11 is 0. The zero-order valence-electron chi connectivity index (χ0n) is 11.6. The van der Waals surface area contributed by atoms with Gasteiger partial charge < -0.3 is 15.5 Å². The summed E-state index contributed by atoms with van der Waals surface area (Å²) in [7, 11) is 0. The molecule has 0 aromatic heterocycles. The number of hydrogen-bond donors (Lipinski definition) is 3. The molecule has 1 aromatic rings. The van der Waals surface area contributed by atoms with Crippen molar-refractivity contribution in [1.29, 1.82) is 0 Å². The maximum atomic E-state index is 12.2. The van der Waals surface area contributed by atoms with E-state index in [4.69, 9.17) is 10.2 Å². The van der Waals surface area contributed by atoms with Gasteiger partial charge in [0.15, 0.2) is 0 Å². The predicted molar refractivity (Wildman–Crippen MR) is 75.2 cm³/mol. The van der Waals surface area contributed by atoms with Gasteiger partial charge in [-0.25, -0.2) is 4.79 Å². The molecule has 1 amide bonds. The normalized spacial score (nSPS) is 21.0. The van der Waals surface area contributed by atoms with Crippen LogP contribution in [0.5, 0.6) is 0 Å². The molecule has 2 unspecified atom stereocenters. The highest BCUT2D eigenvalue weighted by Gasteiger charge is 2.33. The van der Waals surface area contributed by atoms with Crippen LogP contribution in [0.1, 0.15) is 35.2 Å². The number of aromatic carboxylic acids is 1. The first-order valence-corrected chi connectivity index (χ1v) is 6.76. The summed E-state index contributed by atoms with van der Waals surface area (Å²) in [4.78, 5) is 34.0. The first-order chi connectivity index (χ1) is 9.88. The van der Waals surface area contributed by atoms with Crippen molar-refractivity contribution in [2.75, 3.05) is 5.32 Å². The van der Waals surface area contributed by atoms with Crippen molar-refractivity contribution in [2.24, 2.45) is 11.8 Å². The van der Waals surface area contributed by atoms with Crippen molar-refractivity contribution in [3.8, 4) is 0 Å². The van der Waals surface area contributed by atoms with Gasteiger partial charge in [-0.05, 0) is 43.9 Å². The molecule has 112 valence electrons. The number of aliphatic carboxylic acids is 1. The van der Waals surface area contributed by atoms with E-state index in [1.807, 2.05) is 0 Å². The van der Waals surface area contributed by atoms with Gasteiger partial charge in [-0.1, -0.05) is 6.07 Å². The van der Waals surface area contributed by atoms with Crippen LogP contribution >= 0.6 is 0 Å². The highest BCUT2D eigenvalue weighted by molar-refractivity contribution is 5.96. The van der Waals surface area contributed by atoms with Crippen LogP contribution < -0.4 is 5.32 Å². The van der Waals surface area contributed by atoms with Crippen molar-refractivity contribution < 1.29 is 24.6 Å². The van der Waals surface area contributed by atoms with Crippen LogP contribution in [0, 0.1) is 18.8 Å². The molecule has 2 atom stereocenters. The van der Waals surface area contributed by atoms with Gasteiger partial charge in [-0.15, -0.1) is 0 Å². The summed E-state index contributed by atoms with van der Waals surface area (Å²) in [6.07, 6.45) is 1.38. The van der Waals surface area contributed by atoms with E-state index >= 15 is 0 Å². The number of hydrogen-bond acceptors (Lipinski definition) is 3. The largest absolute Gasteiger partial charge is 0.481 e. The molecule has 0 bridgehead atoms. The lowest BCUT2D eigenvalue weighted by atomic mass is 10.0. The average Bonchev–Trinajstić information content (AvgIpc) is 2.90. The number of carboxylic acid groups (broad SMARTS) is 2. The number of amides is 1. The second-order valence-corrected chi connectivity index (χ2v) is 5.37. The molecule has 1 aliphatic carbocycles. The maximum Gasteiger partial charge on any atom is 0.335 e. The third-order valence-corrected chi connectivity index (χ3v) is 3.90. The fourth-order valence-electron chi connectivity index (χ4n) is 2.57. The lowest BCUT2D eigenvalue weighted by Gasteiger charge is -2.13. The van der Waals surface area contributed by atoms with Crippen molar-refractivity contribution in [3.05, 3.63) is 29.3 Å². The summed E-state index contributed by atoms with van der Waals surface area (Å²) < 4.78 is 0. The first-order valence-electron chi connectivity index (χ1n) is 6.76. The van der Waals surface area contributed by atoms with Crippen LogP contribution in [0.25, 0.3) is 0 Å². The number of carbonyl (C=O) groups is 3. The van der Waals surface area contributed by atoms with Gasteiger partial charge in [0.05, 0.1) is 11.5 Å². The van der Waals surface area contributed by atoms with Crippen LogP contribution in [0.3, 0.4) is 0 Å². The van der Waals surface area contributed by atoms with Gasteiger partial charge in [0.25, 0.3) is 0 Å². The van der Waals surface area contributed by atoms with Crippen LogP contribution in [-0.2, 0) is 9.59 Å². The Hall–Kier alpha value is -2.37. The minimum absolute atomic E-state index is 0.103. The SMILES string of the molecule is Cc1ccc(C(=O)O)cc1NC(=O)C1CCC(C(=O)O)C1. The van der Waals surface area contributed by atoms with Crippen LogP contribution in [0.4, 0.5) is 5.69 Å². The molecule has 3 N–H and O–H groups in total. The molecule has 1 aliphatic rings. The van der Waals surface area contributed by atoms with Crippen molar-refractivity contribution in [2.45, 2.75) is 26.2 Å². The average molecular weight is 291 g/mol. The second-order valence-electron chi connectivity index (χ2n) is 5.37. The van der Waals surface area contributed by atoms with Crippen LogP contribution in [-0.4, -0.2) is 28.1 Å². The van der Waals surface area contributed by atoms with E-state index in [0.29, 0.717) is 24.9 Å². The molecule has 6 heteroatoms. The Labute approximate surface area is 121 Å². The molecule has 0 heterocycles. The molecule has 0 saturated heterocycles. The third-order valence-electron chi connectivity index (χ3n) is 3.90. The van der Waals surface area contributed by atoms with E-state index in [2.05, 4.69) is 5.32 Å². The summed E-state index contributed by atoms with van der Waals surface area (Å²) in [6.45, 7) is 1.77. The monoisotopic (exact) mass is 291 g/mol.